The Labute approximate surface area is 208 Å². The standard InChI is InChI=1S/C29H47N3O2/c1-2-3-4-5-6-7-8-9-10-11-12-13-14-15-16-17-18-19-20-21-29(33)31-27-28(26-30)32-22-24-34-25-23-32/h3-4,6-7,9-10,12-13,15-16,18-19,28H,2,5,8,11,14,17,20-27,30H2,1H3,(H,31,33). The van der Waals surface area contributed by atoms with Gasteiger partial charge in [-0.25, -0.2) is 0 Å². The summed E-state index contributed by atoms with van der Waals surface area (Å²) in [5.74, 6) is 0.0891. The van der Waals surface area contributed by atoms with E-state index in [1.807, 2.05) is 0 Å². The Morgan fingerprint density at radius 2 is 1.29 bits per heavy atom. The quantitative estimate of drug-likeness (QED) is 0.269. The first-order valence-electron chi connectivity index (χ1n) is 13.0. The van der Waals surface area contributed by atoms with Crippen molar-refractivity contribution in [2.75, 3.05) is 39.4 Å². The van der Waals surface area contributed by atoms with Gasteiger partial charge in [0.25, 0.3) is 0 Å². The first kappa shape index (κ1) is 29.8. The summed E-state index contributed by atoms with van der Waals surface area (Å²) < 4.78 is 5.38. The van der Waals surface area contributed by atoms with Crippen LogP contribution in [-0.4, -0.2) is 56.2 Å². The molecule has 0 aromatic heterocycles. The van der Waals surface area contributed by atoms with Gasteiger partial charge in [0.2, 0.25) is 5.91 Å². The lowest BCUT2D eigenvalue weighted by Gasteiger charge is -2.33. The van der Waals surface area contributed by atoms with E-state index in [-0.39, 0.29) is 11.9 Å². The van der Waals surface area contributed by atoms with Crippen LogP contribution in [0.5, 0.6) is 0 Å². The maximum absolute atomic E-state index is 12.1. The molecular weight excluding hydrogens is 422 g/mol. The van der Waals surface area contributed by atoms with Crippen LogP contribution >= 0.6 is 0 Å². The van der Waals surface area contributed by atoms with Gasteiger partial charge < -0.3 is 15.8 Å². The number of rotatable bonds is 18. The van der Waals surface area contributed by atoms with Crippen LogP contribution in [0.2, 0.25) is 0 Å². The first-order valence-corrected chi connectivity index (χ1v) is 13.0. The van der Waals surface area contributed by atoms with Gasteiger partial charge in [0.05, 0.1) is 13.2 Å². The average Bonchev–Trinajstić information content (AvgIpc) is 2.86. The Morgan fingerprint density at radius 1 is 0.824 bits per heavy atom. The van der Waals surface area contributed by atoms with E-state index in [4.69, 9.17) is 10.5 Å². The molecule has 5 heteroatoms. The Balaban J connectivity index is 2.00. The van der Waals surface area contributed by atoms with Gasteiger partial charge in [-0.1, -0.05) is 79.8 Å². The van der Waals surface area contributed by atoms with E-state index in [0.717, 1.165) is 71.2 Å². The highest BCUT2D eigenvalue weighted by atomic mass is 16.5. The largest absolute Gasteiger partial charge is 0.379 e. The van der Waals surface area contributed by atoms with Crippen molar-refractivity contribution in [3.63, 3.8) is 0 Å². The van der Waals surface area contributed by atoms with Crippen molar-refractivity contribution in [3.8, 4) is 0 Å². The summed E-state index contributed by atoms with van der Waals surface area (Å²) in [4.78, 5) is 14.4. The summed E-state index contributed by atoms with van der Waals surface area (Å²) in [6.07, 6.45) is 33.5. The van der Waals surface area contributed by atoms with E-state index in [9.17, 15) is 4.79 Å². The van der Waals surface area contributed by atoms with Crippen LogP contribution in [0.25, 0.3) is 0 Å². The van der Waals surface area contributed by atoms with E-state index in [0.29, 0.717) is 19.5 Å². The molecule has 0 spiro atoms. The minimum Gasteiger partial charge on any atom is -0.379 e. The number of nitrogens with two attached hydrogens (primary N) is 1. The van der Waals surface area contributed by atoms with Crippen LogP contribution in [-0.2, 0) is 9.53 Å². The molecule has 3 N–H and O–H groups in total. The monoisotopic (exact) mass is 469 g/mol. The molecule has 1 unspecified atom stereocenters. The van der Waals surface area contributed by atoms with Crippen LogP contribution in [0, 0.1) is 0 Å². The predicted molar refractivity (Wildman–Crippen MR) is 146 cm³/mol. The number of nitrogens with zero attached hydrogens (tertiary/aromatic N) is 1. The van der Waals surface area contributed by atoms with Crippen LogP contribution in [0.15, 0.2) is 72.9 Å². The fourth-order valence-electron chi connectivity index (χ4n) is 3.48. The number of allylic oxidation sites excluding steroid dienone is 12. The summed E-state index contributed by atoms with van der Waals surface area (Å²) in [6, 6.07) is 0.193. The third-order valence-corrected chi connectivity index (χ3v) is 5.50. The lowest BCUT2D eigenvalue weighted by atomic mass is 10.2. The minimum absolute atomic E-state index is 0.0891. The highest BCUT2D eigenvalue weighted by Crippen LogP contribution is 2.03. The zero-order valence-corrected chi connectivity index (χ0v) is 21.2. The van der Waals surface area contributed by atoms with Gasteiger partial charge in [0.1, 0.15) is 0 Å². The molecule has 1 rings (SSSR count). The summed E-state index contributed by atoms with van der Waals surface area (Å²) in [5, 5.41) is 3.02. The van der Waals surface area contributed by atoms with Crippen LogP contribution < -0.4 is 11.1 Å². The average molecular weight is 470 g/mol. The summed E-state index contributed by atoms with van der Waals surface area (Å²) in [5.41, 5.74) is 5.88. The van der Waals surface area contributed by atoms with Crippen molar-refractivity contribution in [2.45, 2.75) is 64.3 Å². The molecule has 0 bridgehead atoms. The second-order valence-corrected chi connectivity index (χ2v) is 8.30. The molecule has 1 aliphatic rings. The molecule has 1 aliphatic heterocycles. The molecule has 1 heterocycles. The molecule has 1 saturated heterocycles. The Kier molecular flexibility index (Phi) is 19.8. The van der Waals surface area contributed by atoms with Crippen molar-refractivity contribution < 1.29 is 9.53 Å². The molecule has 1 amide bonds. The molecule has 0 aromatic rings. The van der Waals surface area contributed by atoms with Gasteiger partial charge in [-0.2, -0.15) is 0 Å². The second-order valence-electron chi connectivity index (χ2n) is 8.30. The van der Waals surface area contributed by atoms with E-state index in [1.54, 1.807) is 0 Å². The van der Waals surface area contributed by atoms with Gasteiger partial charge in [0.15, 0.2) is 0 Å². The molecule has 0 saturated carbocycles. The topological polar surface area (TPSA) is 67.6 Å². The molecule has 190 valence electrons. The van der Waals surface area contributed by atoms with E-state index in [2.05, 4.69) is 90.1 Å². The highest BCUT2D eigenvalue weighted by molar-refractivity contribution is 5.76. The highest BCUT2D eigenvalue weighted by Gasteiger charge is 2.19. The number of carbonyl (C=O) groups excluding carboxylic acids is 1. The molecule has 34 heavy (non-hydrogen) atoms. The maximum atomic E-state index is 12.1. The van der Waals surface area contributed by atoms with Gasteiger partial charge >= 0.3 is 0 Å². The molecule has 1 fully saturated rings. The van der Waals surface area contributed by atoms with Crippen molar-refractivity contribution in [3.05, 3.63) is 72.9 Å². The molecule has 0 aliphatic carbocycles. The van der Waals surface area contributed by atoms with Crippen LogP contribution in [0.1, 0.15) is 58.3 Å². The SMILES string of the molecule is CCC=CCC=CCC=CCC=CCC=CCC=CCCC(=O)NCC(CN)N1CCOCC1. The van der Waals surface area contributed by atoms with Crippen molar-refractivity contribution in [1.82, 2.24) is 10.2 Å². The smallest absolute Gasteiger partial charge is 0.220 e. The normalized spacial score (nSPS) is 16.9. The fraction of sp³-hybridized carbons (Fsp3) is 0.552. The first-order chi connectivity index (χ1) is 16.8. The van der Waals surface area contributed by atoms with E-state index in [1.165, 1.54) is 0 Å². The molecule has 1 atom stereocenters. The number of hydrogen-bond acceptors (Lipinski definition) is 4. The van der Waals surface area contributed by atoms with Crippen LogP contribution in [0.3, 0.4) is 0 Å². The van der Waals surface area contributed by atoms with Gasteiger partial charge in [-0.05, 0) is 44.9 Å². The lowest BCUT2D eigenvalue weighted by molar-refractivity contribution is -0.121. The minimum atomic E-state index is 0.0891. The second kappa shape index (κ2) is 22.6. The number of hydrogen-bond donors (Lipinski definition) is 2. The zero-order chi connectivity index (χ0) is 24.5. The Bertz CT molecular complexity index is 671. The Morgan fingerprint density at radius 3 is 1.76 bits per heavy atom. The Hall–Kier alpha value is -2.21. The number of morpholine rings is 1. The van der Waals surface area contributed by atoms with E-state index < -0.39 is 0 Å². The summed E-state index contributed by atoms with van der Waals surface area (Å²) in [7, 11) is 0. The van der Waals surface area contributed by atoms with Gasteiger partial charge in [-0.3, -0.25) is 9.69 Å². The predicted octanol–water partition coefficient (Wildman–Crippen LogP) is 5.24. The zero-order valence-electron chi connectivity index (χ0n) is 21.2. The lowest BCUT2D eigenvalue weighted by Crippen LogP contribution is -2.52. The van der Waals surface area contributed by atoms with Gasteiger partial charge in [0, 0.05) is 38.6 Å². The molecule has 0 radical (unpaired) electrons. The van der Waals surface area contributed by atoms with E-state index >= 15 is 0 Å². The van der Waals surface area contributed by atoms with Gasteiger partial charge in [-0.15, -0.1) is 0 Å². The molecule has 0 aromatic carbocycles. The number of nitrogens with one attached hydrogen (secondary N) is 1. The third-order valence-electron chi connectivity index (χ3n) is 5.50. The fourth-order valence-corrected chi connectivity index (χ4v) is 3.48. The van der Waals surface area contributed by atoms with Crippen LogP contribution in [0.4, 0.5) is 0 Å². The number of carbonyl (C=O) groups is 1. The molecule has 5 nitrogen and oxygen atoms in total. The summed E-state index contributed by atoms with van der Waals surface area (Å²) >= 11 is 0. The molecular formula is C29H47N3O2. The maximum Gasteiger partial charge on any atom is 0.220 e. The van der Waals surface area contributed by atoms with Crippen molar-refractivity contribution >= 4 is 5.91 Å². The summed E-state index contributed by atoms with van der Waals surface area (Å²) in [6.45, 7) is 6.57. The number of amides is 1. The van der Waals surface area contributed by atoms with Crippen molar-refractivity contribution in [2.24, 2.45) is 5.73 Å². The number of ether oxygens (including phenoxy) is 1. The van der Waals surface area contributed by atoms with Crippen molar-refractivity contribution in [1.29, 1.82) is 0 Å². The third kappa shape index (κ3) is 17.3.